The van der Waals surface area contributed by atoms with Crippen molar-refractivity contribution in [2.75, 3.05) is 25.6 Å². The zero-order chi connectivity index (χ0) is 14.8. The molecule has 0 bridgehead atoms. The van der Waals surface area contributed by atoms with Crippen LogP contribution in [0.25, 0.3) is 0 Å². The van der Waals surface area contributed by atoms with Crippen LogP contribution in [0.4, 0.5) is 4.39 Å². The fraction of sp³-hybridized carbons (Fsp3) is 0.500. The summed E-state index contributed by atoms with van der Waals surface area (Å²) in [5.41, 5.74) is 0.755. The molecule has 3 N–H and O–H groups in total. The minimum atomic E-state index is -0.607. The molecule has 0 atom stereocenters. The number of guanidine groups is 1. The van der Waals surface area contributed by atoms with Crippen LogP contribution in [0.2, 0.25) is 0 Å². The monoisotopic (exact) mass is 299 g/mol. The van der Waals surface area contributed by atoms with Crippen LogP contribution in [0.15, 0.2) is 23.2 Å². The molecule has 112 valence electrons. The average molecular weight is 299 g/mol. The summed E-state index contributed by atoms with van der Waals surface area (Å²) in [5.74, 6) is 0.928. The van der Waals surface area contributed by atoms with Crippen LogP contribution in [0, 0.1) is 5.82 Å². The minimum absolute atomic E-state index is 0.329. The van der Waals surface area contributed by atoms with E-state index >= 15 is 0 Å². The first-order chi connectivity index (χ1) is 9.67. The maximum absolute atomic E-state index is 13.2. The summed E-state index contributed by atoms with van der Waals surface area (Å²) < 4.78 is 13.2. The Bertz CT molecular complexity index is 440. The average Bonchev–Trinajstić information content (AvgIpc) is 2.45. The fourth-order valence-electron chi connectivity index (χ4n) is 1.64. The first kappa shape index (κ1) is 16.6. The van der Waals surface area contributed by atoms with E-state index in [1.165, 1.54) is 24.3 Å². The number of hydrogen-bond donors (Lipinski definition) is 3. The van der Waals surface area contributed by atoms with Crippen molar-refractivity contribution in [3.63, 3.8) is 0 Å². The number of hydrogen-bond acceptors (Lipinski definition) is 3. The van der Waals surface area contributed by atoms with Crippen molar-refractivity contribution in [3.8, 4) is 5.75 Å². The van der Waals surface area contributed by atoms with E-state index in [1.54, 1.807) is 13.1 Å². The standard InChI is InChI=1S/C14H22FN3OS/c1-16-14(17-7-3-4-8-20-2)18-10-11-5-6-13(19)12(15)9-11/h5-6,9,19H,3-4,7-8,10H2,1-2H3,(H2,16,17,18). The van der Waals surface area contributed by atoms with E-state index in [0.717, 1.165) is 18.5 Å². The van der Waals surface area contributed by atoms with Gasteiger partial charge in [-0.1, -0.05) is 6.07 Å². The van der Waals surface area contributed by atoms with Gasteiger partial charge in [0.25, 0.3) is 0 Å². The Morgan fingerprint density at radius 1 is 1.35 bits per heavy atom. The molecular formula is C14H22FN3OS. The maximum Gasteiger partial charge on any atom is 0.191 e. The van der Waals surface area contributed by atoms with Gasteiger partial charge in [-0.2, -0.15) is 11.8 Å². The molecule has 0 amide bonds. The molecule has 0 unspecified atom stereocenters. The number of nitrogens with zero attached hydrogens (tertiary/aromatic N) is 1. The molecular weight excluding hydrogens is 277 g/mol. The topological polar surface area (TPSA) is 56.7 Å². The fourth-order valence-corrected chi connectivity index (χ4v) is 2.14. The van der Waals surface area contributed by atoms with E-state index in [4.69, 9.17) is 5.11 Å². The Kier molecular flexibility index (Phi) is 7.87. The van der Waals surface area contributed by atoms with Gasteiger partial charge in [0.1, 0.15) is 0 Å². The van der Waals surface area contributed by atoms with Crippen molar-refractivity contribution in [2.45, 2.75) is 19.4 Å². The first-order valence-electron chi connectivity index (χ1n) is 6.58. The van der Waals surface area contributed by atoms with Crippen LogP contribution < -0.4 is 10.6 Å². The molecule has 0 heterocycles. The number of aliphatic imine (C=N–C) groups is 1. The zero-order valence-electron chi connectivity index (χ0n) is 11.9. The van der Waals surface area contributed by atoms with Crippen molar-refractivity contribution in [1.29, 1.82) is 0 Å². The van der Waals surface area contributed by atoms with Crippen molar-refractivity contribution in [1.82, 2.24) is 10.6 Å². The highest BCUT2D eigenvalue weighted by Crippen LogP contribution is 2.15. The van der Waals surface area contributed by atoms with E-state index in [2.05, 4.69) is 21.9 Å². The number of thioether (sulfide) groups is 1. The van der Waals surface area contributed by atoms with Crippen molar-refractivity contribution in [2.24, 2.45) is 4.99 Å². The Hall–Kier alpha value is -1.43. The van der Waals surface area contributed by atoms with Crippen LogP contribution in [0.3, 0.4) is 0 Å². The third kappa shape index (κ3) is 6.14. The zero-order valence-corrected chi connectivity index (χ0v) is 12.8. The lowest BCUT2D eigenvalue weighted by atomic mass is 10.2. The van der Waals surface area contributed by atoms with Crippen LogP contribution in [0.5, 0.6) is 5.75 Å². The third-order valence-electron chi connectivity index (χ3n) is 2.76. The number of rotatable bonds is 7. The normalized spacial score (nSPS) is 11.4. The van der Waals surface area contributed by atoms with Crippen LogP contribution in [0.1, 0.15) is 18.4 Å². The summed E-state index contributed by atoms with van der Waals surface area (Å²) in [4.78, 5) is 4.11. The van der Waals surface area contributed by atoms with Gasteiger partial charge in [-0.3, -0.25) is 4.99 Å². The van der Waals surface area contributed by atoms with Gasteiger partial charge in [0, 0.05) is 20.1 Å². The minimum Gasteiger partial charge on any atom is -0.505 e. The van der Waals surface area contributed by atoms with E-state index in [-0.39, 0.29) is 5.75 Å². The molecule has 0 aromatic heterocycles. The van der Waals surface area contributed by atoms with E-state index in [9.17, 15) is 4.39 Å². The molecule has 1 aromatic carbocycles. The first-order valence-corrected chi connectivity index (χ1v) is 7.97. The SMILES string of the molecule is CN=C(NCCCCSC)NCc1ccc(O)c(F)c1. The molecule has 0 spiro atoms. The lowest BCUT2D eigenvalue weighted by Crippen LogP contribution is -2.37. The number of halogens is 1. The van der Waals surface area contributed by atoms with E-state index < -0.39 is 5.82 Å². The summed E-state index contributed by atoms with van der Waals surface area (Å²) >= 11 is 1.85. The van der Waals surface area contributed by atoms with E-state index in [0.29, 0.717) is 12.5 Å². The van der Waals surface area contributed by atoms with Gasteiger partial charge < -0.3 is 15.7 Å². The Balaban J connectivity index is 2.32. The second-order valence-electron chi connectivity index (χ2n) is 4.34. The molecule has 0 aliphatic carbocycles. The molecule has 0 aliphatic rings. The summed E-state index contributed by atoms with van der Waals surface area (Å²) in [5, 5.41) is 15.4. The molecule has 0 saturated carbocycles. The summed E-state index contributed by atoms with van der Waals surface area (Å²) in [6, 6.07) is 4.34. The predicted octanol–water partition coefficient (Wildman–Crippen LogP) is 2.34. The van der Waals surface area contributed by atoms with Gasteiger partial charge in [0.2, 0.25) is 0 Å². The molecule has 1 rings (SSSR count). The Morgan fingerprint density at radius 3 is 2.80 bits per heavy atom. The predicted molar refractivity (Wildman–Crippen MR) is 83.9 cm³/mol. The second kappa shape index (κ2) is 9.47. The lowest BCUT2D eigenvalue weighted by molar-refractivity contribution is 0.431. The van der Waals surface area contributed by atoms with Gasteiger partial charge in [-0.25, -0.2) is 4.39 Å². The quantitative estimate of drug-likeness (QED) is 0.411. The number of phenols is 1. The number of nitrogens with one attached hydrogen (secondary N) is 2. The smallest absolute Gasteiger partial charge is 0.191 e. The highest BCUT2D eigenvalue weighted by atomic mass is 32.2. The van der Waals surface area contributed by atoms with Crippen molar-refractivity contribution < 1.29 is 9.50 Å². The number of unbranched alkanes of at least 4 members (excludes halogenated alkanes) is 1. The van der Waals surface area contributed by atoms with Gasteiger partial charge in [-0.05, 0) is 42.5 Å². The Labute approximate surface area is 123 Å². The van der Waals surface area contributed by atoms with Crippen LogP contribution >= 0.6 is 11.8 Å². The molecule has 6 heteroatoms. The molecule has 0 saturated heterocycles. The number of aromatic hydroxyl groups is 1. The summed E-state index contributed by atoms with van der Waals surface area (Å²) in [6.07, 6.45) is 4.37. The lowest BCUT2D eigenvalue weighted by Gasteiger charge is -2.12. The van der Waals surface area contributed by atoms with Crippen molar-refractivity contribution >= 4 is 17.7 Å². The molecule has 1 aromatic rings. The van der Waals surface area contributed by atoms with Crippen LogP contribution in [-0.4, -0.2) is 36.7 Å². The van der Waals surface area contributed by atoms with Gasteiger partial charge in [-0.15, -0.1) is 0 Å². The maximum atomic E-state index is 13.2. The molecule has 4 nitrogen and oxygen atoms in total. The number of benzene rings is 1. The molecule has 0 fully saturated rings. The van der Waals surface area contributed by atoms with Crippen LogP contribution in [-0.2, 0) is 6.54 Å². The largest absolute Gasteiger partial charge is 0.505 e. The third-order valence-corrected chi connectivity index (χ3v) is 3.46. The molecule has 0 aliphatic heterocycles. The van der Waals surface area contributed by atoms with E-state index in [1.807, 2.05) is 11.8 Å². The highest BCUT2D eigenvalue weighted by Gasteiger charge is 2.02. The molecule has 20 heavy (non-hydrogen) atoms. The highest BCUT2D eigenvalue weighted by molar-refractivity contribution is 7.98. The Morgan fingerprint density at radius 2 is 2.15 bits per heavy atom. The van der Waals surface area contributed by atoms with Crippen molar-refractivity contribution in [3.05, 3.63) is 29.6 Å². The summed E-state index contributed by atoms with van der Waals surface area (Å²) in [6.45, 7) is 1.33. The molecule has 0 radical (unpaired) electrons. The van der Waals surface area contributed by atoms with Gasteiger partial charge >= 0.3 is 0 Å². The second-order valence-corrected chi connectivity index (χ2v) is 5.32. The van der Waals surface area contributed by atoms with Gasteiger partial charge in [0.05, 0.1) is 0 Å². The van der Waals surface area contributed by atoms with Gasteiger partial charge in [0.15, 0.2) is 17.5 Å². The summed E-state index contributed by atoms with van der Waals surface area (Å²) in [7, 11) is 1.70. The number of phenolic OH excluding ortho intramolecular Hbond substituents is 1.